The standard InChI is InChI=1S/C16H25N3O2/c1-16(2,3)13-9-11(10-14(17)18-13)15(20)19-7-5-12(21-4)6-8-19/h9-10,12H,5-8H2,1-4H3,(H2,17,18). The average molecular weight is 291 g/mol. The van der Waals surface area contributed by atoms with E-state index >= 15 is 0 Å². The van der Waals surface area contributed by atoms with Gasteiger partial charge in [-0.25, -0.2) is 4.98 Å². The molecule has 0 bridgehead atoms. The predicted octanol–water partition coefficient (Wildman–Crippen LogP) is 2.21. The number of ether oxygens (including phenoxy) is 1. The molecule has 2 heterocycles. The van der Waals surface area contributed by atoms with Gasteiger partial charge in [-0.1, -0.05) is 20.8 Å². The Labute approximate surface area is 126 Å². The van der Waals surface area contributed by atoms with Gasteiger partial charge in [-0.2, -0.15) is 0 Å². The fraction of sp³-hybridized carbons (Fsp3) is 0.625. The molecule has 2 rings (SSSR count). The molecule has 0 aliphatic carbocycles. The van der Waals surface area contributed by atoms with Crippen molar-refractivity contribution in [3.8, 4) is 0 Å². The summed E-state index contributed by atoms with van der Waals surface area (Å²) < 4.78 is 5.34. The van der Waals surface area contributed by atoms with Crippen molar-refractivity contribution in [2.24, 2.45) is 0 Å². The molecule has 5 heteroatoms. The summed E-state index contributed by atoms with van der Waals surface area (Å²) in [4.78, 5) is 18.8. The molecular formula is C16H25N3O2. The molecule has 1 aromatic heterocycles. The van der Waals surface area contributed by atoms with E-state index in [0.29, 0.717) is 11.4 Å². The lowest BCUT2D eigenvalue weighted by Crippen LogP contribution is -2.40. The zero-order valence-electron chi connectivity index (χ0n) is 13.3. The molecule has 1 aliphatic rings. The third kappa shape index (κ3) is 3.73. The second-order valence-corrected chi connectivity index (χ2v) is 6.64. The van der Waals surface area contributed by atoms with Gasteiger partial charge >= 0.3 is 0 Å². The number of rotatable bonds is 2. The van der Waals surface area contributed by atoms with Crippen molar-refractivity contribution < 1.29 is 9.53 Å². The molecule has 1 amide bonds. The van der Waals surface area contributed by atoms with Gasteiger partial charge in [0, 0.05) is 36.9 Å². The van der Waals surface area contributed by atoms with Crippen LogP contribution in [0.2, 0.25) is 0 Å². The first-order chi connectivity index (χ1) is 9.81. The van der Waals surface area contributed by atoms with Crippen molar-refractivity contribution >= 4 is 11.7 Å². The zero-order chi connectivity index (χ0) is 15.6. The molecule has 1 aliphatic heterocycles. The Bertz CT molecular complexity index is 515. The Hall–Kier alpha value is -1.62. The summed E-state index contributed by atoms with van der Waals surface area (Å²) in [7, 11) is 1.72. The minimum atomic E-state index is -0.131. The van der Waals surface area contributed by atoms with E-state index in [0.717, 1.165) is 31.6 Å². The maximum atomic E-state index is 12.6. The number of nitrogen functional groups attached to an aromatic ring is 1. The van der Waals surface area contributed by atoms with Crippen LogP contribution in [0.1, 0.15) is 49.7 Å². The monoisotopic (exact) mass is 291 g/mol. The highest BCUT2D eigenvalue weighted by Gasteiger charge is 2.25. The van der Waals surface area contributed by atoms with E-state index in [2.05, 4.69) is 25.8 Å². The number of amides is 1. The number of piperidine rings is 1. The van der Waals surface area contributed by atoms with Gasteiger partial charge in [-0.15, -0.1) is 0 Å². The summed E-state index contributed by atoms with van der Waals surface area (Å²) in [5.74, 6) is 0.432. The van der Waals surface area contributed by atoms with Crippen LogP contribution in [0.5, 0.6) is 0 Å². The van der Waals surface area contributed by atoms with E-state index in [1.54, 1.807) is 13.2 Å². The largest absolute Gasteiger partial charge is 0.384 e. The molecule has 5 nitrogen and oxygen atoms in total. The van der Waals surface area contributed by atoms with Crippen LogP contribution in [0, 0.1) is 0 Å². The molecule has 1 aromatic rings. The zero-order valence-corrected chi connectivity index (χ0v) is 13.3. The first-order valence-corrected chi connectivity index (χ1v) is 7.41. The minimum absolute atomic E-state index is 0.0316. The van der Waals surface area contributed by atoms with Crippen LogP contribution in [-0.4, -0.2) is 42.1 Å². The summed E-state index contributed by atoms with van der Waals surface area (Å²) in [6.07, 6.45) is 2.03. The Morgan fingerprint density at radius 3 is 2.48 bits per heavy atom. The van der Waals surface area contributed by atoms with Gasteiger partial charge in [0.15, 0.2) is 0 Å². The topological polar surface area (TPSA) is 68.5 Å². The Kier molecular flexibility index (Phi) is 4.52. The lowest BCUT2D eigenvalue weighted by atomic mass is 9.90. The minimum Gasteiger partial charge on any atom is -0.384 e. The smallest absolute Gasteiger partial charge is 0.254 e. The fourth-order valence-corrected chi connectivity index (χ4v) is 2.54. The molecule has 0 spiro atoms. The summed E-state index contributed by atoms with van der Waals surface area (Å²) in [5, 5.41) is 0. The predicted molar refractivity (Wildman–Crippen MR) is 83.3 cm³/mol. The van der Waals surface area contributed by atoms with Crippen molar-refractivity contribution in [3.05, 3.63) is 23.4 Å². The second-order valence-electron chi connectivity index (χ2n) is 6.64. The van der Waals surface area contributed by atoms with Crippen LogP contribution in [-0.2, 0) is 10.2 Å². The van der Waals surface area contributed by atoms with Crippen LogP contribution in [0.15, 0.2) is 12.1 Å². The number of likely N-dealkylation sites (tertiary alicyclic amines) is 1. The number of pyridine rings is 1. The summed E-state index contributed by atoms with van der Waals surface area (Å²) in [6.45, 7) is 7.64. The van der Waals surface area contributed by atoms with Crippen LogP contribution in [0.4, 0.5) is 5.82 Å². The molecule has 0 unspecified atom stereocenters. The van der Waals surface area contributed by atoms with E-state index in [9.17, 15) is 4.79 Å². The van der Waals surface area contributed by atoms with Crippen molar-refractivity contribution in [1.82, 2.24) is 9.88 Å². The van der Waals surface area contributed by atoms with Gasteiger partial charge in [0.25, 0.3) is 5.91 Å². The molecular weight excluding hydrogens is 266 g/mol. The molecule has 0 radical (unpaired) electrons. The SMILES string of the molecule is COC1CCN(C(=O)c2cc(N)nc(C(C)(C)C)c2)CC1. The van der Waals surface area contributed by atoms with E-state index < -0.39 is 0 Å². The lowest BCUT2D eigenvalue weighted by Gasteiger charge is -2.31. The molecule has 2 N–H and O–H groups in total. The van der Waals surface area contributed by atoms with Gasteiger partial charge in [0.05, 0.1) is 6.10 Å². The summed E-state index contributed by atoms with van der Waals surface area (Å²) in [6, 6.07) is 3.53. The Morgan fingerprint density at radius 1 is 1.33 bits per heavy atom. The first kappa shape index (κ1) is 15.8. The second kappa shape index (κ2) is 6.02. The Balaban J connectivity index is 2.18. The number of hydrogen-bond acceptors (Lipinski definition) is 4. The van der Waals surface area contributed by atoms with Crippen LogP contribution >= 0.6 is 0 Å². The van der Waals surface area contributed by atoms with E-state index in [1.807, 2.05) is 11.0 Å². The average Bonchev–Trinajstić information content (AvgIpc) is 2.45. The van der Waals surface area contributed by atoms with Crippen molar-refractivity contribution in [3.63, 3.8) is 0 Å². The highest BCUT2D eigenvalue weighted by molar-refractivity contribution is 5.95. The van der Waals surface area contributed by atoms with Gasteiger partial charge in [0.1, 0.15) is 5.82 Å². The third-order valence-electron chi connectivity index (χ3n) is 3.92. The van der Waals surface area contributed by atoms with Gasteiger partial charge in [-0.3, -0.25) is 4.79 Å². The van der Waals surface area contributed by atoms with Gasteiger partial charge in [0.2, 0.25) is 0 Å². The van der Waals surface area contributed by atoms with E-state index in [4.69, 9.17) is 10.5 Å². The normalized spacial score (nSPS) is 17.0. The van der Waals surface area contributed by atoms with Crippen LogP contribution in [0.3, 0.4) is 0 Å². The number of hydrogen-bond donors (Lipinski definition) is 1. The van der Waals surface area contributed by atoms with Crippen LogP contribution < -0.4 is 5.73 Å². The highest BCUT2D eigenvalue weighted by Crippen LogP contribution is 2.24. The molecule has 1 saturated heterocycles. The molecule has 0 atom stereocenters. The number of carbonyl (C=O) groups is 1. The van der Waals surface area contributed by atoms with Gasteiger partial charge in [-0.05, 0) is 25.0 Å². The number of carbonyl (C=O) groups excluding carboxylic acids is 1. The summed E-state index contributed by atoms with van der Waals surface area (Å²) in [5.41, 5.74) is 7.21. The molecule has 21 heavy (non-hydrogen) atoms. The maximum absolute atomic E-state index is 12.6. The van der Waals surface area contributed by atoms with E-state index in [-0.39, 0.29) is 17.4 Å². The number of anilines is 1. The number of nitrogens with two attached hydrogens (primary N) is 1. The molecule has 0 aromatic carbocycles. The first-order valence-electron chi connectivity index (χ1n) is 7.41. The quantitative estimate of drug-likeness (QED) is 0.907. The highest BCUT2D eigenvalue weighted by atomic mass is 16.5. The maximum Gasteiger partial charge on any atom is 0.254 e. The molecule has 0 saturated carbocycles. The molecule has 116 valence electrons. The lowest BCUT2D eigenvalue weighted by molar-refractivity contribution is 0.0350. The van der Waals surface area contributed by atoms with Crippen LogP contribution in [0.25, 0.3) is 0 Å². The third-order valence-corrected chi connectivity index (χ3v) is 3.92. The van der Waals surface area contributed by atoms with Gasteiger partial charge < -0.3 is 15.4 Å². The van der Waals surface area contributed by atoms with Crippen molar-refractivity contribution in [1.29, 1.82) is 0 Å². The Morgan fingerprint density at radius 2 is 1.95 bits per heavy atom. The number of nitrogens with zero attached hydrogens (tertiary/aromatic N) is 2. The van der Waals surface area contributed by atoms with E-state index in [1.165, 1.54) is 0 Å². The molecule has 1 fully saturated rings. The summed E-state index contributed by atoms with van der Waals surface area (Å²) >= 11 is 0. The van der Waals surface area contributed by atoms with Crippen molar-refractivity contribution in [2.45, 2.75) is 45.1 Å². The van der Waals surface area contributed by atoms with Crippen molar-refractivity contribution in [2.75, 3.05) is 25.9 Å². The number of methoxy groups -OCH3 is 1. The number of aromatic nitrogens is 1. The fourth-order valence-electron chi connectivity index (χ4n) is 2.54.